The van der Waals surface area contributed by atoms with Crippen LogP contribution in [0.25, 0.3) is 0 Å². The fourth-order valence-electron chi connectivity index (χ4n) is 2.04. The van der Waals surface area contributed by atoms with Crippen molar-refractivity contribution in [1.82, 2.24) is 5.43 Å². The summed E-state index contributed by atoms with van der Waals surface area (Å²) >= 11 is 1.77. The summed E-state index contributed by atoms with van der Waals surface area (Å²) in [4.78, 5) is 1.33. The number of nitrogens with two attached hydrogens (primary N) is 1. The van der Waals surface area contributed by atoms with Gasteiger partial charge in [-0.05, 0) is 43.2 Å². The Kier molecular flexibility index (Phi) is 3.75. The summed E-state index contributed by atoms with van der Waals surface area (Å²) in [7, 11) is 0. The van der Waals surface area contributed by atoms with Gasteiger partial charge in [-0.25, -0.2) is 0 Å². The van der Waals surface area contributed by atoms with Gasteiger partial charge in [-0.15, -0.1) is 11.3 Å². The lowest BCUT2D eigenvalue weighted by atomic mass is 10.0. The number of hydrogen-bond donors (Lipinski definition) is 2. The summed E-state index contributed by atoms with van der Waals surface area (Å²) in [6.07, 6.45) is 3.71. The van der Waals surface area contributed by atoms with Crippen LogP contribution in [0.1, 0.15) is 35.7 Å². The molecule has 4 heteroatoms. The highest BCUT2D eigenvalue weighted by Crippen LogP contribution is 2.27. The number of hydrazine groups is 1. The van der Waals surface area contributed by atoms with Gasteiger partial charge in [0.1, 0.15) is 0 Å². The van der Waals surface area contributed by atoms with Crippen molar-refractivity contribution >= 4 is 11.3 Å². The first-order valence-corrected chi connectivity index (χ1v) is 6.30. The van der Waals surface area contributed by atoms with Gasteiger partial charge in [0.05, 0.1) is 6.10 Å². The lowest BCUT2D eigenvalue weighted by Gasteiger charge is -2.18. The minimum atomic E-state index is 0.234. The Balaban J connectivity index is 1.97. The number of nitrogens with one attached hydrogen (secondary N) is 1. The molecule has 3 nitrogen and oxygen atoms in total. The summed E-state index contributed by atoms with van der Waals surface area (Å²) in [5.74, 6) is 5.59. The van der Waals surface area contributed by atoms with Crippen LogP contribution in [0.15, 0.2) is 11.4 Å². The van der Waals surface area contributed by atoms with Gasteiger partial charge in [0.2, 0.25) is 0 Å². The maximum absolute atomic E-state index is 5.62. The largest absolute Gasteiger partial charge is 0.378 e. The molecule has 15 heavy (non-hydrogen) atoms. The number of hydrogen-bond acceptors (Lipinski definition) is 4. The summed E-state index contributed by atoms with van der Waals surface area (Å²) in [5.41, 5.74) is 4.17. The van der Waals surface area contributed by atoms with Gasteiger partial charge in [0.15, 0.2) is 0 Å². The quantitative estimate of drug-likeness (QED) is 0.611. The van der Waals surface area contributed by atoms with Gasteiger partial charge in [-0.3, -0.25) is 11.3 Å². The molecule has 84 valence electrons. The minimum Gasteiger partial charge on any atom is -0.378 e. The van der Waals surface area contributed by atoms with Crippen molar-refractivity contribution in [3.8, 4) is 0 Å². The highest BCUT2D eigenvalue weighted by Gasteiger charge is 2.21. The SMILES string of the molecule is Cc1cc(C(CC2CCCO2)NN)cs1. The van der Waals surface area contributed by atoms with E-state index in [0.717, 1.165) is 13.0 Å². The van der Waals surface area contributed by atoms with Gasteiger partial charge in [-0.1, -0.05) is 0 Å². The van der Waals surface area contributed by atoms with Crippen LogP contribution in [0.3, 0.4) is 0 Å². The topological polar surface area (TPSA) is 47.3 Å². The van der Waals surface area contributed by atoms with Crippen LogP contribution in [-0.2, 0) is 4.74 Å². The molecule has 3 N–H and O–H groups in total. The molecule has 0 aliphatic carbocycles. The van der Waals surface area contributed by atoms with E-state index in [9.17, 15) is 0 Å². The normalized spacial score (nSPS) is 23.2. The smallest absolute Gasteiger partial charge is 0.0594 e. The molecule has 2 unspecified atom stereocenters. The molecule has 1 aromatic heterocycles. The first-order chi connectivity index (χ1) is 7.29. The summed E-state index contributed by atoms with van der Waals surface area (Å²) in [6, 6.07) is 2.43. The number of rotatable bonds is 4. The van der Waals surface area contributed by atoms with Gasteiger partial charge in [0.25, 0.3) is 0 Å². The Hall–Kier alpha value is -0.420. The Labute approximate surface area is 94.6 Å². The van der Waals surface area contributed by atoms with E-state index in [2.05, 4.69) is 23.8 Å². The van der Waals surface area contributed by atoms with Gasteiger partial charge in [0, 0.05) is 17.5 Å². The molecule has 0 amide bonds. The van der Waals surface area contributed by atoms with E-state index in [0.29, 0.717) is 6.10 Å². The molecular formula is C11H18N2OS. The van der Waals surface area contributed by atoms with E-state index in [-0.39, 0.29) is 6.04 Å². The lowest BCUT2D eigenvalue weighted by Crippen LogP contribution is -2.30. The zero-order valence-electron chi connectivity index (χ0n) is 9.03. The van der Waals surface area contributed by atoms with Crippen molar-refractivity contribution < 1.29 is 4.74 Å². The van der Waals surface area contributed by atoms with Crippen molar-refractivity contribution in [2.45, 2.75) is 38.3 Å². The van der Waals surface area contributed by atoms with Crippen molar-refractivity contribution in [3.63, 3.8) is 0 Å². The second-order valence-corrected chi connectivity index (χ2v) is 5.20. The van der Waals surface area contributed by atoms with Crippen LogP contribution >= 0.6 is 11.3 Å². The third-order valence-corrected chi connectivity index (χ3v) is 3.76. The highest BCUT2D eigenvalue weighted by atomic mass is 32.1. The molecule has 0 radical (unpaired) electrons. The minimum absolute atomic E-state index is 0.234. The molecule has 0 saturated carbocycles. The number of thiophene rings is 1. The van der Waals surface area contributed by atoms with E-state index in [4.69, 9.17) is 10.6 Å². The molecule has 2 atom stereocenters. The molecule has 1 aromatic rings. The molecule has 0 aromatic carbocycles. The molecule has 1 saturated heterocycles. The highest BCUT2D eigenvalue weighted by molar-refractivity contribution is 7.10. The average molecular weight is 226 g/mol. The third kappa shape index (κ3) is 2.78. The Morgan fingerprint density at radius 3 is 3.13 bits per heavy atom. The van der Waals surface area contributed by atoms with Crippen molar-refractivity contribution in [2.75, 3.05) is 6.61 Å². The van der Waals surface area contributed by atoms with E-state index in [1.54, 1.807) is 11.3 Å². The van der Waals surface area contributed by atoms with Crippen molar-refractivity contribution in [1.29, 1.82) is 0 Å². The predicted octanol–water partition coefficient (Wildman–Crippen LogP) is 2.13. The summed E-state index contributed by atoms with van der Waals surface area (Å²) in [5, 5.41) is 2.18. The molecule has 2 rings (SSSR count). The van der Waals surface area contributed by atoms with Crippen LogP contribution in [-0.4, -0.2) is 12.7 Å². The maximum atomic E-state index is 5.62. The second-order valence-electron chi connectivity index (χ2n) is 4.08. The van der Waals surface area contributed by atoms with Gasteiger partial charge in [-0.2, -0.15) is 0 Å². The third-order valence-electron chi connectivity index (χ3n) is 2.88. The molecular weight excluding hydrogens is 208 g/mol. The second kappa shape index (κ2) is 5.07. The monoisotopic (exact) mass is 226 g/mol. The van der Waals surface area contributed by atoms with E-state index in [1.807, 2.05) is 0 Å². The Morgan fingerprint density at radius 2 is 2.60 bits per heavy atom. The fourth-order valence-corrected chi connectivity index (χ4v) is 2.80. The van der Waals surface area contributed by atoms with E-state index < -0.39 is 0 Å². The molecule has 1 aliphatic heterocycles. The van der Waals surface area contributed by atoms with Crippen LogP contribution in [0.2, 0.25) is 0 Å². The summed E-state index contributed by atoms with van der Waals surface area (Å²) < 4.78 is 5.62. The fraction of sp³-hybridized carbons (Fsp3) is 0.636. The number of ether oxygens (including phenoxy) is 1. The van der Waals surface area contributed by atoms with E-state index >= 15 is 0 Å². The van der Waals surface area contributed by atoms with Crippen LogP contribution < -0.4 is 11.3 Å². The van der Waals surface area contributed by atoms with E-state index in [1.165, 1.54) is 23.3 Å². The summed E-state index contributed by atoms with van der Waals surface area (Å²) in [6.45, 7) is 3.03. The zero-order valence-corrected chi connectivity index (χ0v) is 9.85. The van der Waals surface area contributed by atoms with Crippen molar-refractivity contribution in [3.05, 3.63) is 21.9 Å². The standard InChI is InChI=1S/C11H18N2OS/c1-8-5-9(7-15-8)11(13-12)6-10-3-2-4-14-10/h5,7,10-11,13H,2-4,6,12H2,1H3. The lowest BCUT2D eigenvalue weighted by molar-refractivity contribution is 0.0946. The van der Waals surface area contributed by atoms with Crippen molar-refractivity contribution in [2.24, 2.45) is 5.84 Å². The molecule has 0 spiro atoms. The van der Waals surface area contributed by atoms with Crippen LogP contribution in [0.5, 0.6) is 0 Å². The van der Waals surface area contributed by atoms with Crippen LogP contribution in [0.4, 0.5) is 0 Å². The molecule has 0 bridgehead atoms. The molecule has 1 fully saturated rings. The Bertz CT molecular complexity index is 307. The zero-order chi connectivity index (χ0) is 10.7. The molecule has 2 heterocycles. The number of aryl methyl sites for hydroxylation is 1. The maximum Gasteiger partial charge on any atom is 0.0594 e. The predicted molar refractivity (Wildman–Crippen MR) is 62.7 cm³/mol. The van der Waals surface area contributed by atoms with Crippen LogP contribution in [0, 0.1) is 6.92 Å². The molecule has 1 aliphatic rings. The van der Waals surface area contributed by atoms with Gasteiger partial charge >= 0.3 is 0 Å². The van der Waals surface area contributed by atoms with Gasteiger partial charge < -0.3 is 4.74 Å². The average Bonchev–Trinajstić information content (AvgIpc) is 2.85. The Morgan fingerprint density at radius 1 is 1.73 bits per heavy atom. The first-order valence-electron chi connectivity index (χ1n) is 5.42. The first kappa shape index (κ1) is 11.1.